The molecule has 1 fully saturated rings. The third-order valence-electron chi connectivity index (χ3n) is 6.07. The lowest BCUT2D eigenvalue weighted by Gasteiger charge is -2.22. The average molecular weight is 598 g/mol. The van der Waals surface area contributed by atoms with Crippen molar-refractivity contribution in [2.45, 2.75) is 44.0 Å². The van der Waals surface area contributed by atoms with Crippen LogP contribution in [0.2, 0.25) is 5.02 Å². The molecule has 1 aliphatic rings. The molecule has 0 saturated heterocycles. The van der Waals surface area contributed by atoms with Crippen LogP contribution in [0.3, 0.4) is 0 Å². The Balaban J connectivity index is 1.53. The van der Waals surface area contributed by atoms with E-state index in [-0.39, 0.29) is 41.4 Å². The third-order valence-corrected chi connectivity index (χ3v) is 6.40. The molecule has 1 atom stereocenters. The number of benzene rings is 2. The molecular weight excluding hydrogens is 574 g/mol. The maximum atomic E-state index is 13.4. The Morgan fingerprint density at radius 3 is 2.51 bits per heavy atom. The van der Waals surface area contributed by atoms with E-state index < -0.39 is 49.3 Å². The third kappa shape index (κ3) is 7.63. The Bertz CT molecular complexity index is 1400. The number of alkyl carbamates (subject to hydrolysis) is 1. The van der Waals surface area contributed by atoms with Crippen LogP contribution in [-0.2, 0) is 16.1 Å². The lowest BCUT2D eigenvalue weighted by atomic mass is 10.0. The molecule has 16 heteroatoms. The fourth-order valence-electron chi connectivity index (χ4n) is 3.73. The first-order valence-corrected chi connectivity index (χ1v) is 12.5. The van der Waals surface area contributed by atoms with E-state index in [1.165, 1.54) is 18.2 Å². The van der Waals surface area contributed by atoms with Crippen molar-refractivity contribution >= 4 is 29.7 Å². The zero-order valence-corrected chi connectivity index (χ0v) is 21.9. The van der Waals surface area contributed by atoms with E-state index in [2.05, 4.69) is 25.7 Å². The van der Waals surface area contributed by atoms with Crippen LogP contribution < -0.4 is 16.4 Å². The number of rotatable bonds is 10. The first-order chi connectivity index (χ1) is 19.6. The van der Waals surface area contributed by atoms with Crippen LogP contribution in [0.15, 0.2) is 59.9 Å². The summed E-state index contributed by atoms with van der Waals surface area (Å²) in [7, 11) is 0. The number of hydrogen-bond acceptors (Lipinski definition) is 6. The van der Waals surface area contributed by atoms with Gasteiger partial charge in [0.1, 0.15) is 25.1 Å². The van der Waals surface area contributed by atoms with Crippen LogP contribution in [0.5, 0.6) is 0 Å². The molecule has 1 heterocycles. The summed E-state index contributed by atoms with van der Waals surface area (Å²) in [5.41, 5.74) is 5.31. The van der Waals surface area contributed by atoms with Gasteiger partial charge in [-0.25, -0.2) is 23.4 Å². The Hall–Kier alpha value is -4.40. The molecule has 3 aromatic rings. The van der Waals surface area contributed by atoms with Crippen LogP contribution in [0, 0.1) is 0 Å². The van der Waals surface area contributed by atoms with E-state index in [0.717, 1.165) is 6.33 Å². The second-order valence-electron chi connectivity index (χ2n) is 8.96. The van der Waals surface area contributed by atoms with Gasteiger partial charge in [-0.1, -0.05) is 48.0 Å². The number of guanidine groups is 1. The minimum atomic E-state index is -3.01. The van der Waals surface area contributed by atoms with E-state index in [9.17, 15) is 27.2 Å². The van der Waals surface area contributed by atoms with E-state index in [0.29, 0.717) is 10.2 Å². The van der Waals surface area contributed by atoms with Gasteiger partial charge in [0.25, 0.3) is 6.43 Å². The van der Waals surface area contributed by atoms with Gasteiger partial charge in [-0.05, 0) is 36.1 Å². The molecule has 41 heavy (non-hydrogen) atoms. The largest absolute Gasteiger partial charge is 0.447 e. The quantitative estimate of drug-likeness (QED) is 0.172. The average Bonchev–Trinajstić information content (AvgIpc) is 3.55. The zero-order chi connectivity index (χ0) is 29.6. The molecule has 2 aromatic carbocycles. The van der Waals surface area contributed by atoms with Crippen LogP contribution in [0.25, 0.3) is 11.4 Å². The molecular formula is C25H24ClF4N7O4. The molecule has 11 nitrogen and oxygen atoms in total. The number of carbonyl (C=O) groups excluding carboxylic acids is 2. The highest BCUT2D eigenvalue weighted by Gasteiger charge is 2.52. The molecule has 1 aliphatic carbocycles. The van der Waals surface area contributed by atoms with Crippen LogP contribution >= 0.6 is 11.6 Å². The summed E-state index contributed by atoms with van der Waals surface area (Å²) < 4.78 is 63.9. The molecule has 0 unspecified atom stereocenters. The zero-order valence-electron chi connectivity index (χ0n) is 21.1. The number of hydrogen-bond donors (Lipinski definition) is 3. The smallest absolute Gasteiger partial charge is 0.437 e. The number of carbonyl (C=O) groups is 2. The van der Waals surface area contributed by atoms with Gasteiger partial charge in [-0.3, -0.25) is 0 Å². The Morgan fingerprint density at radius 1 is 1.12 bits per heavy atom. The molecule has 0 radical (unpaired) electrons. The van der Waals surface area contributed by atoms with E-state index in [4.69, 9.17) is 26.8 Å². The summed E-state index contributed by atoms with van der Waals surface area (Å²) in [6.45, 7) is -3.58. The first kappa shape index (κ1) is 29.6. The van der Waals surface area contributed by atoms with E-state index in [1.54, 1.807) is 30.3 Å². The molecule has 218 valence electrons. The Morgan fingerprint density at radius 2 is 1.85 bits per heavy atom. The summed E-state index contributed by atoms with van der Waals surface area (Å²) >= 11 is 6.24. The van der Waals surface area contributed by atoms with Crippen molar-refractivity contribution in [2.24, 2.45) is 10.7 Å². The predicted octanol–water partition coefficient (Wildman–Crippen LogP) is 4.80. The molecule has 2 amide bonds. The monoisotopic (exact) mass is 597 g/mol. The summed E-state index contributed by atoms with van der Waals surface area (Å²) in [6.07, 6.45) is -3.80. The number of halogens is 5. The number of amides is 2. The van der Waals surface area contributed by atoms with E-state index in [1.807, 2.05) is 0 Å². The first-order valence-electron chi connectivity index (χ1n) is 12.1. The van der Waals surface area contributed by atoms with Crippen LogP contribution in [0.4, 0.5) is 27.2 Å². The minimum Gasteiger partial charge on any atom is -0.447 e. The highest BCUT2D eigenvalue weighted by atomic mass is 35.5. The normalized spacial score (nSPS) is 15.0. The van der Waals surface area contributed by atoms with Gasteiger partial charge >= 0.3 is 18.7 Å². The number of alkyl halides is 4. The SMILES string of the molecule is N/C(=N\C(=O)OCc1ccccc1)N[C@H](COC(=O)NC1(C(F)F)CC1)c1ccc(Cl)c(-c2ncnn2C(F)F)c1. The number of nitrogens with two attached hydrogens (primary N) is 1. The molecule has 0 bridgehead atoms. The molecule has 0 spiro atoms. The highest BCUT2D eigenvalue weighted by molar-refractivity contribution is 6.33. The summed E-state index contributed by atoms with van der Waals surface area (Å²) in [4.78, 5) is 31.9. The molecule has 0 aliphatic heterocycles. The second-order valence-corrected chi connectivity index (χ2v) is 9.37. The number of nitrogens with zero attached hydrogens (tertiary/aromatic N) is 4. The number of nitrogens with one attached hydrogen (secondary N) is 2. The van der Waals surface area contributed by atoms with Gasteiger partial charge in [-0.2, -0.15) is 18.6 Å². The molecule has 1 saturated carbocycles. The van der Waals surface area contributed by atoms with Crippen molar-refractivity contribution < 1.29 is 36.6 Å². The van der Waals surface area contributed by atoms with Crippen molar-refractivity contribution in [1.82, 2.24) is 25.4 Å². The summed E-state index contributed by atoms with van der Waals surface area (Å²) in [5.74, 6) is -0.682. The number of aliphatic imine (C=N–C) groups is 1. The Kier molecular flexibility index (Phi) is 9.27. The van der Waals surface area contributed by atoms with Gasteiger partial charge in [-0.15, -0.1) is 4.99 Å². The maximum absolute atomic E-state index is 13.4. The van der Waals surface area contributed by atoms with Crippen molar-refractivity contribution in [3.05, 3.63) is 71.0 Å². The Labute approximate surface area is 235 Å². The van der Waals surface area contributed by atoms with Gasteiger partial charge < -0.3 is 25.8 Å². The molecule has 4 rings (SSSR count). The minimum absolute atomic E-state index is 0.0554. The standard InChI is InChI=1S/C25H24ClF4N7O4/c26-17-7-6-15(10-16(17)19-32-13-33-37(19)21(29)30)18(12-41-24(39)36-25(8-9-25)20(27)28)34-22(31)35-23(38)40-11-14-4-2-1-3-5-14/h1-7,10,13,18,20-21H,8-9,11-12H2,(H,36,39)(H3,31,34,35,38)/t18-/m1/s1. The second kappa shape index (κ2) is 12.8. The lowest BCUT2D eigenvalue weighted by Crippen LogP contribution is -2.44. The van der Waals surface area contributed by atoms with Crippen LogP contribution in [0.1, 0.15) is 36.6 Å². The summed E-state index contributed by atoms with van der Waals surface area (Å²) in [5, 5.41) is 8.39. The number of aromatic nitrogens is 3. The number of ether oxygens (including phenoxy) is 2. The van der Waals surface area contributed by atoms with Crippen molar-refractivity contribution in [1.29, 1.82) is 0 Å². The summed E-state index contributed by atoms with van der Waals surface area (Å²) in [6, 6.07) is 12.0. The topological polar surface area (TPSA) is 146 Å². The predicted molar refractivity (Wildman–Crippen MR) is 138 cm³/mol. The van der Waals surface area contributed by atoms with Crippen LogP contribution in [-0.4, -0.2) is 51.5 Å². The molecule has 1 aromatic heterocycles. The van der Waals surface area contributed by atoms with Gasteiger partial charge in [0.05, 0.1) is 11.1 Å². The fourth-order valence-corrected chi connectivity index (χ4v) is 3.93. The highest BCUT2D eigenvalue weighted by Crippen LogP contribution is 2.41. The van der Waals surface area contributed by atoms with Crippen molar-refractivity contribution in [3.8, 4) is 11.4 Å². The van der Waals surface area contributed by atoms with E-state index >= 15 is 0 Å². The molecule has 4 N–H and O–H groups in total. The van der Waals surface area contributed by atoms with Gasteiger partial charge in [0.15, 0.2) is 5.82 Å². The van der Waals surface area contributed by atoms with Crippen molar-refractivity contribution in [2.75, 3.05) is 6.61 Å². The van der Waals surface area contributed by atoms with Gasteiger partial charge in [0.2, 0.25) is 5.96 Å². The maximum Gasteiger partial charge on any atom is 0.437 e. The van der Waals surface area contributed by atoms with Gasteiger partial charge in [0, 0.05) is 5.56 Å². The fraction of sp³-hybridized carbons (Fsp3) is 0.320. The van der Waals surface area contributed by atoms with Crippen molar-refractivity contribution in [3.63, 3.8) is 0 Å². The lowest BCUT2D eigenvalue weighted by molar-refractivity contribution is 0.0582.